The summed E-state index contributed by atoms with van der Waals surface area (Å²) in [6.07, 6.45) is 3.56. The predicted octanol–water partition coefficient (Wildman–Crippen LogP) is 1.83. The number of aryl methyl sites for hydroxylation is 1. The zero-order valence-corrected chi connectivity index (χ0v) is 14.4. The number of aromatic nitrogens is 2. The van der Waals surface area contributed by atoms with E-state index in [9.17, 15) is 9.59 Å². The molecule has 7 heteroatoms. The van der Waals surface area contributed by atoms with Gasteiger partial charge in [0.25, 0.3) is 0 Å². The van der Waals surface area contributed by atoms with Crippen molar-refractivity contribution in [2.45, 2.75) is 26.1 Å². The molecule has 3 rings (SSSR count). The van der Waals surface area contributed by atoms with E-state index in [4.69, 9.17) is 11.6 Å². The summed E-state index contributed by atoms with van der Waals surface area (Å²) in [5, 5.41) is 4.70. The van der Waals surface area contributed by atoms with E-state index in [0.717, 1.165) is 11.1 Å². The third kappa shape index (κ3) is 3.28. The number of halogens is 1. The van der Waals surface area contributed by atoms with Crippen LogP contribution in [0.5, 0.6) is 0 Å². The Kier molecular flexibility index (Phi) is 4.57. The third-order valence-electron chi connectivity index (χ3n) is 4.21. The van der Waals surface area contributed by atoms with E-state index < -0.39 is 6.04 Å². The maximum atomic E-state index is 12.7. The third-order valence-corrected chi connectivity index (χ3v) is 4.58. The summed E-state index contributed by atoms with van der Waals surface area (Å²) in [7, 11) is 1.82. The molecule has 1 saturated heterocycles. The van der Waals surface area contributed by atoms with Crippen molar-refractivity contribution < 1.29 is 9.59 Å². The first-order valence-electron chi connectivity index (χ1n) is 7.75. The fourth-order valence-corrected chi connectivity index (χ4v) is 3.08. The van der Waals surface area contributed by atoms with Gasteiger partial charge in [0.1, 0.15) is 12.6 Å². The molecule has 0 N–H and O–H groups in total. The fourth-order valence-electron chi connectivity index (χ4n) is 2.89. The van der Waals surface area contributed by atoms with Gasteiger partial charge in [-0.1, -0.05) is 29.8 Å². The lowest BCUT2D eigenvalue weighted by atomic mass is 10.1. The van der Waals surface area contributed by atoms with Gasteiger partial charge in [0, 0.05) is 36.9 Å². The zero-order chi connectivity index (χ0) is 17.3. The number of benzene rings is 1. The molecule has 24 heavy (non-hydrogen) atoms. The van der Waals surface area contributed by atoms with Crippen LogP contribution in [0, 0.1) is 0 Å². The molecule has 1 aliphatic heterocycles. The van der Waals surface area contributed by atoms with Crippen LogP contribution in [0.3, 0.4) is 0 Å². The maximum Gasteiger partial charge on any atom is 0.245 e. The fraction of sp³-hybridized carbons (Fsp3) is 0.353. The van der Waals surface area contributed by atoms with Crippen molar-refractivity contribution in [3.05, 3.63) is 52.8 Å². The van der Waals surface area contributed by atoms with Gasteiger partial charge in [-0.25, -0.2) is 0 Å². The van der Waals surface area contributed by atoms with Crippen LogP contribution in [0.2, 0.25) is 5.02 Å². The topological polar surface area (TPSA) is 58.4 Å². The standard InChI is InChI=1S/C17H19ClN4O2/c1-12-17(24)21(10-14-5-3-4-6-15(14)18)11-16(23)22(12)9-13-7-19-20(2)8-13/h3-8,12H,9-11H2,1-2H3/t12-/m0/s1. The van der Waals surface area contributed by atoms with E-state index in [2.05, 4.69) is 5.10 Å². The number of nitrogens with zero attached hydrogens (tertiary/aromatic N) is 4. The Balaban J connectivity index is 1.73. The van der Waals surface area contributed by atoms with E-state index in [-0.39, 0.29) is 18.4 Å². The summed E-state index contributed by atoms with van der Waals surface area (Å²) in [5.74, 6) is -0.142. The normalized spacial score (nSPS) is 18.4. The first-order chi connectivity index (χ1) is 11.5. The van der Waals surface area contributed by atoms with E-state index in [1.54, 1.807) is 33.7 Å². The smallest absolute Gasteiger partial charge is 0.245 e. The van der Waals surface area contributed by atoms with Crippen LogP contribution < -0.4 is 0 Å². The molecule has 0 radical (unpaired) electrons. The highest BCUT2D eigenvalue weighted by atomic mass is 35.5. The Morgan fingerprint density at radius 3 is 2.67 bits per heavy atom. The van der Waals surface area contributed by atoms with Crippen molar-refractivity contribution >= 4 is 23.4 Å². The van der Waals surface area contributed by atoms with Crippen LogP contribution in [0.15, 0.2) is 36.7 Å². The van der Waals surface area contributed by atoms with Gasteiger partial charge in [-0.3, -0.25) is 14.3 Å². The lowest BCUT2D eigenvalue weighted by molar-refractivity contribution is -0.156. The molecule has 2 amide bonds. The second-order valence-corrected chi connectivity index (χ2v) is 6.41. The molecular weight excluding hydrogens is 328 g/mol. The first kappa shape index (κ1) is 16.5. The van der Waals surface area contributed by atoms with Crippen molar-refractivity contribution in [3.8, 4) is 0 Å². The van der Waals surface area contributed by atoms with Gasteiger partial charge in [0.15, 0.2) is 0 Å². The number of carbonyl (C=O) groups is 2. The zero-order valence-electron chi connectivity index (χ0n) is 13.6. The van der Waals surface area contributed by atoms with E-state index >= 15 is 0 Å². The molecule has 1 aromatic carbocycles. The molecule has 2 aromatic rings. The highest BCUT2D eigenvalue weighted by Crippen LogP contribution is 2.21. The number of hydrogen-bond acceptors (Lipinski definition) is 3. The van der Waals surface area contributed by atoms with Gasteiger partial charge in [0.2, 0.25) is 11.8 Å². The average Bonchev–Trinajstić information content (AvgIpc) is 2.96. The highest BCUT2D eigenvalue weighted by Gasteiger charge is 2.36. The first-order valence-corrected chi connectivity index (χ1v) is 8.12. The highest BCUT2D eigenvalue weighted by molar-refractivity contribution is 6.31. The van der Waals surface area contributed by atoms with Crippen LogP contribution in [0.4, 0.5) is 0 Å². The Bertz CT molecular complexity index is 773. The largest absolute Gasteiger partial charge is 0.327 e. The molecule has 0 aliphatic carbocycles. The molecule has 126 valence electrons. The van der Waals surface area contributed by atoms with Crippen molar-refractivity contribution in [2.24, 2.45) is 7.05 Å². The molecule has 6 nitrogen and oxygen atoms in total. The lowest BCUT2D eigenvalue weighted by Gasteiger charge is -2.38. The number of rotatable bonds is 4. The number of amides is 2. The van der Waals surface area contributed by atoms with E-state index in [1.807, 2.05) is 31.4 Å². The maximum absolute atomic E-state index is 12.7. The number of hydrogen-bond donors (Lipinski definition) is 0. The lowest BCUT2D eigenvalue weighted by Crippen LogP contribution is -2.57. The SMILES string of the molecule is C[C@H]1C(=O)N(Cc2ccccc2Cl)CC(=O)N1Cc1cnn(C)c1. The molecule has 0 spiro atoms. The summed E-state index contributed by atoms with van der Waals surface area (Å²) in [5.41, 5.74) is 1.75. The summed E-state index contributed by atoms with van der Waals surface area (Å²) in [6, 6.07) is 6.86. The van der Waals surface area contributed by atoms with Crippen LogP contribution in [-0.2, 0) is 29.7 Å². The van der Waals surface area contributed by atoms with Gasteiger partial charge in [-0.05, 0) is 18.6 Å². The Morgan fingerprint density at radius 1 is 1.25 bits per heavy atom. The quantitative estimate of drug-likeness (QED) is 0.848. The van der Waals surface area contributed by atoms with Crippen molar-refractivity contribution in [2.75, 3.05) is 6.54 Å². The van der Waals surface area contributed by atoms with E-state index in [1.165, 1.54) is 0 Å². The van der Waals surface area contributed by atoms with Gasteiger partial charge in [0.05, 0.1) is 6.20 Å². The van der Waals surface area contributed by atoms with Crippen molar-refractivity contribution in [1.82, 2.24) is 19.6 Å². The molecule has 0 unspecified atom stereocenters. The Labute approximate surface area is 145 Å². The molecule has 0 saturated carbocycles. The molecule has 2 heterocycles. The molecule has 1 atom stereocenters. The predicted molar refractivity (Wildman–Crippen MR) is 90.1 cm³/mol. The second kappa shape index (κ2) is 6.65. The molecule has 1 aliphatic rings. The average molecular weight is 347 g/mol. The van der Waals surface area contributed by atoms with Gasteiger partial charge in [-0.2, -0.15) is 5.10 Å². The minimum absolute atomic E-state index is 0.0641. The van der Waals surface area contributed by atoms with Gasteiger partial charge < -0.3 is 9.80 Å². The number of piperazine rings is 1. The summed E-state index contributed by atoms with van der Waals surface area (Å²) in [4.78, 5) is 28.3. The summed E-state index contributed by atoms with van der Waals surface area (Å²) < 4.78 is 1.68. The van der Waals surface area contributed by atoms with Crippen LogP contribution >= 0.6 is 11.6 Å². The van der Waals surface area contributed by atoms with E-state index in [0.29, 0.717) is 18.1 Å². The van der Waals surface area contributed by atoms with Crippen LogP contribution in [-0.4, -0.2) is 44.0 Å². The van der Waals surface area contributed by atoms with Crippen LogP contribution in [0.25, 0.3) is 0 Å². The molecule has 0 bridgehead atoms. The number of carbonyl (C=O) groups excluding carboxylic acids is 2. The summed E-state index contributed by atoms with van der Waals surface area (Å²) >= 11 is 6.16. The second-order valence-electron chi connectivity index (χ2n) is 6.01. The summed E-state index contributed by atoms with van der Waals surface area (Å²) in [6.45, 7) is 2.55. The molecular formula is C17H19ClN4O2. The monoisotopic (exact) mass is 346 g/mol. The molecule has 1 fully saturated rings. The minimum Gasteiger partial charge on any atom is -0.327 e. The molecule has 1 aromatic heterocycles. The van der Waals surface area contributed by atoms with Crippen molar-refractivity contribution in [1.29, 1.82) is 0 Å². The minimum atomic E-state index is -0.506. The van der Waals surface area contributed by atoms with Crippen molar-refractivity contribution in [3.63, 3.8) is 0 Å². The van der Waals surface area contributed by atoms with Gasteiger partial charge in [-0.15, -0.1) is 0 Å². The van der Waals surface area contributed by atoms with Gasteiger partial charge >= 0.3 is 0 Å². The Morgan fingerprint density at radius 2 is 2.00 bits per heavy atom. The Hall–Kier alpha value is -2.34. The van der Waals surface area contributed by atoms with Crippen LogP contribution in [0.1, 0.15) is 18.1 Å².